The first-order valence-electron chi connectivity index (χ1n) is 10.1. The van der Waals surface area contributed by atoms with E-state index in [0.717, 1.165) is 36.4 Å². The van der Waals surface area contributed by atoms with E-state index in [-0.39, 0.29) is 5.91 Å². The predicted molar refractivity (Wildman–Crippen MR) is 111 cm³/mol. The quantitative estimate of drug-likeness (QED) is 0.781. The van der Waals surface area contributed by atoms with Crippen LogP contribution in [0.15, 0.2) is 6.07 Å². The molecule has 0 bridgehead atoms. The van der Waals surface area contributed by atoms with Gasteiger partial charge in [-0.3, -0.25) is 4.79 Å². The number of carbonyl (C=O) groups excluding carboxylic acids is 1. The molecule has 6 heteroatoms. The van der Waals surface area contributed by atoms with Gasteiger partial charge in [-0.25, -0.2) is 9.97 Å². The maximum absolute atomic E-state index is 13.2. The molecular formula is C21H30N4OS. The summed E-state index contributed by atoms with van der Waals surface area (Å²) in [4.78, 5) is 28.9. The maximum atomic E-state index is 13.2. The number of thiophene rings is 1. The van der Waals surface area contributed by atoms with E-state index >= 15 is 0 Å². The summed E-state index contributed by atoms with van der Waals surface area (Å²) in [6.45, 7) is 10.0. The van der Waals surface area contributed by atoms with Crippen molar-refractivity contribution in [3.8, 4) is 0 Å². The first kappa shape index (κ1) is 18.8. The highest BCUT2D eigenvalue weighted by molar-refractivity contribution is 7.18. The summed E-state index contributed by atoms with van der Waals surface area (Å²) in [5, 5.41) is 0.953. The molecule has 2 aliphatic rings. The Labute approximate surface area is 165 Å². The van der Waals surface area contributed by atoms with E-state index in [2.05, 4.69) is 41.8 Å². The van der Waals surface area contributed by atoms with Crippen molar-refractivity contribution in [2.24, 2.45) is 5.41 Å². The number of aromatic nitrogens is 2. The van der Waals surface area contributed by atoms with Gasteiger partial charge < -0.3 is 9.80 Å². The van der Waals surface area contributed by atoms with E-state index in [1.165, 1.54) is 30.6 Å². The lowest BCUT2D eigenvalue weighted by molar-refractivity contribution is 0.0660. The summed E-state index contributed by atoms with van der Waals surface area (Å²) in [6, 6.07) is 2.21. The van der Waals surface area contributed by atoms with Gasteiger partial charge in [-0.05, 0) is 57.1 Å². The van der Waals surface area contributed by atoms with Gasteiger partial charge in [-0.15, -0.1) is 11.3 Å². The number of rotatable bonds is 2. The molecule has 5 nitrogen and oxygen atoms in total. The molecule has 1 amide bonds. The minimum atomic E-state index is 0.0627. The molecule has 146 valence electrons. The average molecular weight is 387 g/mol. The zero-order chi connectivity index (χ0) is 19.2. The largest absolute Gasteiger partial charge is 0.335 e. The summed E-state index contributed by atoms with van der Waals surface area (Å²) in [5.74, 6) is 1.36. The Kier molecular flexibility index (Phi) is 4.97. The molecule has 1 saturated heterocycles. The van der Waals surface area contributed by atoms with E-state index in [1.807, 2.05) is 11.8 Å². The van der Waals surface area contributed by atoms with Crippen molar-refractivity contribution < 1.29 is 4.79 Å². The molecule has 1 saturated carbocycles. The molecule has 0 spiro atoms. The van der Waals surface area contributed by atoms with Crippen molar-refractivity contribution in [3.63, 3.8) is 0 Å². The highest BCUT2D eigenvalue weighted by Gasteiger charge is 2.30. The van der Waals surface area contributed by atoms with Crippen LogP contribution in [0.5, 0.6) is 0 Å². The molecule has 3 heterocycles. The molecule has 4 rings (SSSR count). The smallest absolute Gasteiger partial charge is 0.273 e. The average Bonchev–Trinajstić information content (AvgIpc) is 3.04. The van der Waals surface area contributed by atoms with Crippen LogP contribution in [-0.4, -0.2) is 58.9 Å². The normalized spacial score (nSPS) is 21.7. The second kappa shape index (κ2) is 7.13. The van der Waals surface area contributed by atoms with Crippen LogP contribution < -0.4 is 0 Å². The summed E-state index contributed by atoms with van der Waals surface area (Å²) >= 11 is 1.77. The number of fused-ring (bicyclic) bond motifs is 1. The van der Waals surface area contributed by atoms with Crippen molar-refractivity contribution in [3.05, 3.63) is 22.5 Å². The van der Waals surface area contributed by atoms with Gasteiger partial charge in [0.1, 0.15) is 16.3 Å². The highest BCUT2D eigenvalue weighted by atomic mass is 32.1. The van der Waals surface area contributed by atoms with Gasteiger partial charge in [-0.2, -0.15) is 0 Å². The fourth-order valence-corrected chi connectivity index (χ4v) is 5.50. The van der Waals surface area contributed by atoms with Crippen LogP contribution in [0.3, 0.4) is 0 Å². The summed E-state index contributed by atoms with van der Waals surface area (Å²) in [7, 11) is 2.10. The number of nitrogens with zero attached hydrogens (tertiary/aromatic N) is 4. The standard InChI is InChI=1S/C21H30N4OS/c1-14-22-18(20(26)25-11-9-24(4)10-12-25)16-13-17(27-19(16)23-14)15-5-7-21(2,3)8-6-15/h13,15H,5-12H2,1-4H3. The van der Waals surface area contributed by atoms with Crippen molar-refractivity contribution in [1.82, 2.24) is 19.8 Å². The fraction of sp³-hybridized carbons (Fsp3) is 0.667. The molecule has 27 heavy (non-hydrogen) atoms. The number of likely N-dealkylation sites (N-methyl/N-ethyl adjacent to an activating group) is 1. The van der Waals surface area contributed by atoms with Crippen LogP contribution in [0.4, 0.5) is 0 Å². The maximum Gasteiger partial charge on any atom is 0.273 e. The van der Waals surface area contributed by atoms with E-state index in [1.54, 1.807) is 11.3 Å². The SMILES string of the molecule is Cc1nc(C(=O)N2CCN(C)CC2)c2cc(C3CCC(C)(C)CC3)sc2n1. The van der Waals surface area contributed by atoms with Crippen LogP contribution in [0, 0.1) is 12.3 Å². The lowest BCUT2D eigenvalue weighted by Gasteiger charge is -2.33. The van der Waals surface area contributed by atoms with E-state index in [0.29, 0.717) is 22.9 Å². The van der Waals surface area contributed by atoms with Crippen LogP contribution in [0.25, 0.3) is 10.2 Å². The zero-order valence-electron chi connectivity index (χ0n) is 16.9. The highest BCUT2D eigenvalue weighted by Crippen LogP contribution is 2.45. The molecular weight excluding hydrogens is 356 g/mol. The predicted octanol–water partition coefficient (Wildman–Crippen LogP) is 4.07. The van der Waals surface area contributed by atoms with Gasteiger partial charge in [0.05, 0.1) is 0 Å². The number of hydrogen-bond acceptors (Lipinski definition) is 5. The first-order chi connectivity index (χ1) is 12.8. The van der Waals surface area contributed by atoms with Gasteiger partial charge in [0.2, 0.25) is 0 Å². The van der Waals surface area contributed by atoms with Gasteiger partial charge in [0.25, 0.3) is 5.91 Å². The van der Waals surface area contributed by atoms with Crippen molar-refractivity contribution >= 4 is 27.5 Å². The summed E-state index contributed by atoms with van der Waals surface area (Å²) in [6.07, 6.45) is 5.00. The molecule has 0 unspecified atom stereocenters. The monoisotopic (exact) mass is 386 g/mol. The molecule has 2 aromatic rings. The molecule has 0 atom stereocenters. The Hall–Kier alpha value is -1.53. The first-order valence-corrected chi connectivity index (χ1v) is 10.9. The lowest BCUT2D eigenvalue weighted by atomic mass is 9.73. The number of amides is 1. The number of aryl methyl sites for hydroxylation is 1. The Morgan fingerprint density at radius 2 is 1.81 bits per heavy atom. The molecule has 1 aliphatic carbocycles. The second-order valence-corrected chi connectivity index (χ2v) is 10.1. The lowest BCUT2D eigenvalue weighted by Crippen LogP contribution is -2.47. The molecule has 0 radical (unpaired) electrons. The molecule has 2 aromatic heterocycles. The third kappa shape index (κ3) is 3.87. The fourth-order valence-electron chi connectivity index (χ4n) is 4.25. The second-order valence-electron chi connectivity index (χ2n) is 9.02. The Morgan fingerprint density at radius 1 is 1.15 bits per heavy atom. The van der Waals surface area contributed by atoms with Gasteiger partial charge in [0, 0.05) is 36.4 Å². The van der Waals surface area contributed by atoms with Crippen LogP contribution in [0.2, 0.25) is 0 Å². The topological polar surface area (TPSA) is 49.3 Å². The molecule has 0 aromatic carbocycles. The van der Waals surface area contributed by atoms with Crippen molar-refractivity contribution in [2.45, 2.75) is 52.4 Å². The van der Waals surface area contributed by atoms with E-state index in [4.69, 9.17) is 0 Å². The van der Waals surface area contributed by atoms with Gasteiger partial charge >= 0.3 is 0 Å². The number of carbonyl (C=O) groups is 1. The minimum Gasteiger partial charge on any atom is -0.335 e. The van der Waals surface area contributed by atoms with Gasteiger partial charge in [0.15, 0.2) is 0 Å². The third-order valence-corrected chi connectivity index (χ3v) is 7.45. The third-order valence-electron chi connectivity index (χ3n) is 6.26. The Balaban J connectivity index is 1.63. The van der Waals surface area contributed by atoms with Gasteiger partial charge in [-0.1, -0.05) is 13.8 Å². The molecule has 1 aliphatic heterocycles. The van der Waals surface area contributed by atoms with Crippen LogP contribution >= 0.6 is 11.3 Å². The molecule has 0 N–H and O–H groups in total. The minimum absolute atomic E-state index is 0.0627. The van der Waals surface area contributed by atoms with Crippen LogP contribution in [0.1, 0.15) is 66.6 Å². The summed E-state index contributed by atoms with van der Waals surface area (Å²) in [5.41, 5.74) is 1.06. The van der Waals surface area contributed by atoms with Crippen molar-refractivity contribution in [2.75, 3.05) is 33.2 Å². The zero-order valence-corrected chi connectivity index (χ0v) is 17.7. The summed E-state index contributed by atoms with van der Waals surface area (Å²) < 4.78 is 0. The number of piperazine rings is 1. The molecule has 2 fully saturated rings. The van der Waals surface area contributed by atoms with E-state index in [9.17, 15) is 4.79 Å². The Bertz CT molecular complexity index is 841. The van der Waals surface area contributed by atoms with Crippen molar-refractivity contribution in [1.29, 1.82) is 0 Å². The van der Waals surface area contributed by atoms with Crippen LogP contribution in [-0.2, 0) is 0 Å². The van der Waals surface area contributed by atoms with E-state index < -0.39 is 0 Å². The number of hydrogen-bond donors (Lipinski definition) is 0. The Morgan fingerprint density at radius 3 is 2.48 bits per heavy atom.